The monoisotopic (exact) mass is 291 g/mol. The molecule has 0 amide bonds. The molecular formula is C10H18BrN3S. The number of nitrogens with zero attached hydrogens (tertiary/aromatic N) is 2. The van der Waals surface area contributed by atoms with E-state index in [0.29, 0.717) is 12.1 Å². The van der Waals surface area contributed by atoms with E-state index in [4.69, 9.17) is 0 Å². The van der Waals surface area contributed by atoms with Crippen LogP contribution in [-0.4, -0.2) is 28.8 Å². The Morgan fingerprint density at radius 1 is 1.60 bits per heavy atom. The smallest absolute Gasteiger partial charge is 0.0707 e. The van der Waals surface area contributed by atoms with Crippen LogP contribution in [0.3, 0.4) is 0 Å². The fourth-order valence-corrected chi connectivity index (χ4v) is 2.76. The summed E-state index contributed by atoms with van der Waals surface area (Å²) in [6.07, 6.45) is 3.99. The molecule has 1 heterocycles. The molecule has 0 saturated carbocycles. The first-order valence-electron chi connectivity index (χ1n) is 5.00. The van der Waals surface area contributed by atoms with Crippen molar-refractivity contribution in [3.63, 3.8) is 0 Å². The second-order valence-corrected chi connectivity index (χ2v) is 5.48. The van der Waals surface area contributed by atoms with Gasteiger partial charge in [-0.3, -0.25) is 4.68 Å². The van der Waals surface area contributed by atoms with E-state index in [9.17, 15) is 0 Å². The average molecular weight is 292 g/mol. The van der Waals surface area contributed by atoms with E-state index in [1.54, 1.807) is 0 Å². The maximum atomic E-state index is 4.39. The highest BCUT2D eigenvalue weighted by Gasteiger charge is 2.19. The van der Waals surface area contributed by atoms with Crippen molar-refractivity contribution in [3.8, 4) is 0 Å². The molecule has 0 saturated heterocycles. The molecule has 86 valence electrons. The molecule has 1 N–H and O–H groups in total. The van der Waals surface area contributed by atoms with Crippen molar-refractivity contribution < 1.29 is 0 Å². The predicted molar refractivity (Wildman–Crippen MR) is 70.5 cm³/mol. The molecule has 1 aromatic heterocycles. The summed E-state index contributed by atoms with van der Waals surface area (Å²) >= 11 is 5.40. The summed E-state index contributed by atoms with van der Waals surface area (Å²) in [5, 5.41) is 7.72. The zero-order valence-electron chi connectivity index (χ0n) is 9.62. The van der Waals surface area contributed by atoms with Crippen molar-refractivity contribution in [1.82, 2.24) is 15.1 Å². The first-order valence-corrected chi connectivity index (χ1v) is 7.19. The average Bonchev–Trinajstić information content (AvgIpc) is 2.57. The normalized spacial score (nSPS) is 13.5. The Kier molecular flexibility index (Phi) is 5.15. The van der Waals surface area contributed by atoms with Crippen molar-refractivity contribution in [2.45, 2.75) is 25.9 Å². The molecule has 0 aliphatic rings. The Morgan fingerprint density at radius 3 is 2.73 bits per heavy atom. The zero-order valence-corrected chi connectivity index (χ0v) is 12.0. The predicted octanol–water partition coefficient (Wildman–Crippen LogP) is 2.85. The van der Waals surface area contributed by atoms with Gasteiger partial charge in [0.15, 0.2) is 0 Å². The lowest BCUT2D eigenvalue weighted by Crippen LogP contribution is -2.23. The summed E-state index contributed by atoms with van der Waals surface area (Å²) in [4.78, 5) is 0. The molecule has 0 aliphatic heterocycles. The van der Waals surface area contributed by atoms with E-state index >= 15 is 0 Å². The van der Waals surface area contributed by atoms with Gasteiger partial charge in [-0.05, 0) is 43.1 Å². The van der Waals surface area contributed by atoms with E-state index in [1.807, 2.05) is 25.0 Å². The molecule has 1 unspecified atom stereocenters. The lowest BCUT2D eigenvalue weighted by Gasteiger charge is -2.19. The largest absolute Gasteiger partial charge is 0.311 e. The summed E-state index contributed by atoms with van der Waals surface area (Å²) in [7, 11) is 1.99. The summed E-state index contributed by atoms with van der Waals surface area (Å²) in [5.74, 6) is 1.05. The van der Waals surface area contributed by atoms with Gasteiger partial charge in [-0.25, -0.2) is 0 Å². The van der Waals surface area contributed by atoms with Crippen molar-refractivity contribution in [2.75, 3.05) is 19.1 Å². The van der Waals surface area contributed by atoms with Crippen molar-refractivity contribution in [2.24, 2.45) is 0 Å². The van der Waals surface area contributed by atoms with Crippen LogP contribution in [0.25, 0.3) is 0 Å². The third-order valence-corrected chi connectivity index (χ3v) is 3.57. The van der Waals surface area contributed by atoms with Crippen molar-refractivity contribution >= 4 is 27.7 Å². The van der Waals surface area contributed by atoms with Gasteiger partial charge in [0.2, 0.25) is 0 Å². The van der Waals surface area contributed by atoms with Gasteiger partial charge in [-0.15, -0.1) is 0 Å². The first kappa shape index (κ1) is 13.1. The number of rotatable bonds is 5. The van der Waals surface area contributed by atoms with Crippen molar-refractivity contribution in [3.05, 3.63) is 16.4 Å². The number of hydrogen-bond donors (Lipinski definition) is 1. The maximum Gasteiger partial charge on any atom is 0.0707 e. The molecule has 15 heavy (non-hydrogen) atoms. The molecule has 1 atom stereocenters. The first-order chi connectivity index (χ1) is 7.11. The van der Waals surface area contributed by atoms with Crippen LogP contribution in [0.4, 0.5) is 0 Å². The van der Waals surface area contributed by atoms with Gasteiger partial charge in [0.05, 0.1) is 22.4 Å². The van der Waals surface area contributed by atoms with Gasteiger partial charge in [0.25, 0.3) is 0 Å². The fraction of sp³-hybridized carbons (Fsp3) is 0.700. The molecule has 3 nitrogen and oxygen atoms in total. The molecular weight excluding hydrogens is 274 g/mol. The standard InChI is InChI=1S/C10H18BrN3S/c1-7(2)14-10(8(11)5-13-14)9(12-3)6-15-4/h5,7,9,12H,6H2,1-4H3. The Labute approximate surface area is 104 Å². The summed E-state index contributed by atoms with van der Waals surface area (Å²) in [6, 6.07) is 0.739. The van der Waals surface area contributed by atoms with Crippen LogP contribution in [0.5, 0.6) is 0 Å². The van der Waals surface area contributed by atoms with Gasteiger partial charge < -0.3 is 5.32 Å². The van der Waals surface area contributed by atoms with E-state index in [0.717, 1.165) is 10.2 Å². The quantitative estimate of drug-likeness (QED) is 0.905. The Bertz CT molecular complexity index is 312. The topological polar surface area (TPSA) is 29.9 Å². The molecule has 0 aliphatic carbocycles. The number of nitrogens with one attached hydrogen (secondary N) is 1. The second-order valence-electron chi connectivity index (χ2n) is 3.71. The SMILES string of the molecule is CNC(CSC)c1c(Br)cnn1C(C)C. The highest BCUT2D eigenvalue weighted by atomic mass is 79.9. The third kappa shape index (κ3) is 2.98. The van der Waals surface area contributed by atoms with Crippen LogP contribution >= 0.6 is 27.7 Å². The van der Waals surface area contributed by atoms with Crippen LogP contribution in [0.2, 0.25) is 0 Å². The molecule has 1 aromatic rings. The van der Waals surface area contributed by atoms with E-state index in [-0.39, 0.29) is 0 Å². The molecule has 0 aromatic carbocycles. The lowest BCUT2D eigenvalue weighted by molar-refractivity contribution is 0.476. The minimum Gasteiger partial charge on any atom is -0.311 e. The van der Waals surface area contributed by atoms with Gasteiger partial charge in [0, 0.05) is 11.8 Å². The van der Waals surface area contributed by atoms with E-state index in [1.165, 1.54) is 5.69 Å². The van der Waals surface area contributed by atoms with E-state index in [2.05, 4.69) is 51.1 Å². The van der Waals surface area contributed by atoms with Crippen LogP contribution < -0.4 is 5.32 Å². The molecule has 0 fully saturated rings. The third-order valence-electron chi connectivity index (χ3n) is 2.29. The van der Waals surface area contributed by atoms with Crippen molar-refractivity contribution in [1.29, 1.82) is 0 Å². The number of halogens is 1. The van der Waals surface area contributed by atoms with Crippen LogP contribution in [-0.2, 0) is 0 Å². The Balaban J connectivity index is 3.03. The molecule has 1 rings (SSSR count). The van der Waals surface area contributed by atoms with Gasteiger partial charge in [-0.2, -0.15) is 16.9 Å². The summed E-state index contributed by atoms with van der Waals surface area (Å²) in [5.41, 5.74) is 1.24. The Morgan fingerprint density at radius 2 is 2.27 bits per heavy atom. The lowest BCUT2D eigenvalue weighted by atomic mass is 10.2. The summed E-state index contributed by atoms with van der Waals surface area (Å²) in [6.45, 7) is 4.30. The number of hydrogen-bond acceptors (Lipinski definition) is 3. The molecule has 0 radical (unpaired) electrons. The maximum absolute atomic E-state index is 4.39. The molecule has 5 heteroatoms. The fourth-order valence-electron chi connectivity index (χ4n) is 1.55. The molecule has 0 spiro atoms. The molecule has 0 bridgehead atoms. The second kappa shape index (κ2) is 5.92. The highest BCUT2D eigenvalue weighted by molar-refractivity contribution is 9.10. The van der Waals surface area contributed by atoms with Gasteiger partial charge >= 0.3 is 0 Å². The zero-order chi connectivity index (χ0) is 11.4. The number of aromatic nitrogens is 2. The Hall–Kier alpha value is 0. The van der Waals surface area contributed by atoms with Crippen LogP contribution in [0.1, 0.15) is 31.6 Å². The minimum absolute atomic E-state index is 0.347. The minimum atomic E-state index is 0.347. The van der Waals surface area contributed by atoms with Crippen LogP contribution in [0.15, 0.2) is 10.7 Å². The van der Waals surface area contributed by atoms with Gasteiger partial charge in [-0.1, -0.05) is 0 Å². The van der Waals surface area contributed by atoms with Crippen LogP contribution in [0, 0.1) is 0 Å². The number of thioether (sulfide) groups is 1. The van der Waals surface area contributed by atoms with Gasteiger partial charge in [0.1, 0.15) is 0 Å². The highest BCUT2D eigenvalue weighted by Crippen LogP contribution is 2.27. The summed E-state index contributed by atoms with van der Waals surface area (Å²) < 4.78 is 3.16. The van der Waals surface area contributed by atoms with E-state index < -0.39 is 0 Å².